The number of hydrogen-bond donors (Lipinski definition) is 1. The lowest BCUT2D eigenvalue weighted by Crippen LogP contribution is -2.32. The van der Waals surface area contributed by atoms with E-state index in [0.717, 1.165) is 42.5 Å². The average molecular weight is 362 g/mol. The molecule has 140 valence electrons. The zero-order valence-corrected chi connectivity index (χ0v) is 16.0. The third-order valence-electron chi connectivity index (χ3n) is 5.24. The summed E-state index contributed by atoms with van der Waals surface area (Å²) in [6.07, 6.45) is 10.0. The van der Waals surface area contributed by atoms with Gasteiger partial charge in [-0.15, -0.1) is 0 Å². The number of anilines is 2. The van der Waals surface area contributed by atoms with Gasteiger partial charge in [-0.25, -0.2) is 15.0 Å². The second-order valence-electron chi connectivity index (χ2n) is 7.35. The lowest BCUT2D eigenvalue weighted by Gasteiger charge is -2.31. The molecule has 0 unspecified atom stereocenters. The van der Waals surface area contributed by atoms with Crippen LogP contribution in [0.1, 0.15) is 35.6 Å². The van der Waals surface area contributed by atoms with Crippen molar-refractivity contribution in [2.45, 2.75) is 32.2 Å². The molecule has 0 aromatic carbocycles. The van der Waals surface area contributed by atoms with Crippen molar-refractivity contribution in [2.75, 3.05) is 18.4 Å². The number of aromatic nitrogens is 4. The van der Waals surface area contributed by atoms with E-state index in [4.69, 9.17) is 0 Å². The van der Waals surface area contributed by atoms with Crippen LogP contribution >= 0.6 is 0 Å². The highest BCUT2D eigenvalue weighted by atomic mass is 15.1. The topological polar surface area (TPSA) is 58.9 Å². The maximum atomic E-state index is 4.47. The van der Waals surface area contributed by atoms with Gasteiger partial charge in [-0.1, -0.05) is 6.07 Å². The van der Waals surface area contributed by atoms with Gasteiger partial charge in [-0.05, 0) is 68.1 Å². The Hall–Kier alpha value is -2.73. The number of imidazole rings is 1. The minimum absolute atomic E-state index is 0.582. The van der Waals surface area contributed by atoms with Crippen LogP contribution in [-0.2, 0) is 13.6 Å². The van der Waals surface area contributed by atoms with Gasteiger partial charge in [0.2, 0.25) is 0 Å². The van der Waals surface area contributed by atoms with Crippen molar-refractivity contribution in [3.8, 4) is 0 Å². The van der Waals surface area contributed by atoms with Crippen LogP contribution in [0.15, 0.2) is 49.2 Å². The Morgan fingerprint density at radius 3 is 2.70 bits per heavy atom. The van der Waals surface area contributed by atoms with Crippen LogP contribution in [0.5, 0.6) is 0 Å². The molecule has 0 amide bonds. The zero-order valence-electron chi connectivity index (χ0n) is 16.0. The van der Waals surface area contributed by atoms with Gasteiger partial charge in [-0.3, -0.25) is 4.90 Å². The van der Waals surface area contributed by atoms with E-state index in [1.165, 1.54) is 18.4 Å². The highest BCUT2D eigenvalue weighted by Gasteiger charge is 2.21. The first-order valence-corrected chi connectivity index (χ1v) is 9.51. The van der Waals surface area contributed by atoms with Crippen LogP contribution in [0.4, 0.5) is 11.6 Å². The number of nitrogens with one attached hydrogen (secondary N) is 1. The van der Waals surface area contributed by atoms with Crippen LogP contribution < -0.4 is 5.32 Å². The number of rotatable bonds is 5. The standard InChI is InChI=1S/C21H26N6/c1-16-4-3-8-23-21(16)25-20-12-18(5-9-22-20)17-6-10-27(11-7-17)14-19-13-26(2)15-24-19/h3-5,8-9,12-13,15,17H,6-7,10-11,14H2,1-2H3,(H,22,23,25). The summed E-state index contributed by atoms with van der Waals surface area (Å²) in [7, 11) is 2.02. The van der Waals surface area contributed by atoms with Gasteiger partial charge in [0.15, 0.2) is 0 Å². The SMILES string of the molecule is Cc1cccnc1Nc1cc(C2CCN(Cc3cn(C)cn3)CC2)ccn1. The molecule has 1 fully saturated rings. The quantitative estimate of drug-likeness (QED) is 0.751. The fourth-order valence-electron chi connectivity index (χ4n) is 3.71. The molecular formula is C21H26N6. The van der Waals surface area contributed by atoms with Gasteiger partial charge in [0.05, 0.1) is 12.0 Å². The Labute approximate surface area is 160 Å². The summed E-state index contributed by atoms with van der Waals surface area (Å²) in [4.78, 5) is 15.8. The predicted octanol–water partition coefficient (Wildman–Crippen LogP) is 3.64. The van der Waals surface area contributed by atoms with Crippen LogP contribution in [0, 0.1) is 6.92 Å². The number of pyridine rings is 2. The smallest absolute Gasteiger partial charge is 0.134 e. The van der Waals surface area contributed by atoms with Gasteiger partial charge in [-0.2, -0.15) is 0 Å². The Morgan fingerprint density at radius 1 is 1.11 bits per heavy atom. The van der Waals surface area contributed by atoms with Crippen LogP contribution in [0.2, 0.25) is 0 Å². The molecule has 1 N–H and O–H groups in total. The molecule has 1 saturated heterocycles. The number of piperidine rings is 1. The summed E-state index contributed by atoms with van der Waals surface area (Å²) in [5.74, 6) is 2.32. The summed E-state index contributed by atoms with van der Waals surface area (Å²) >= 11 is 0. The molecule has 6 nitrogen and oxygen atoms in total. The summed E-state index contributed by atoms with van der Waals surface area (Å²) in [6, 6.07) is 8.32. The van der Waals surface area contributed by atoms with Gasteiger partial charge in [0, 0.05) is 32.2 Å². The minimum Gasteiger partial charge on any atom is -0.340 e. The Bertz CT molecular complexity index is 895. The second-order valence-corrected chi connectivity index (χ2v) is 7.35. The fraction of sp³-hybridized carbons (Fsp3) is 0.381. The van der Waals surface area contributed by atoms with Crippen molar-refractivity contribution in [1.29, 1.82) is 0 Å². The molecule has 6 heteroatoms. The van der Waals surface area contributed by atoms with Crippen molar-refractivity contribution in [1.82, 2.24) is 24.4 Å². The predicted molar refractivity (Wildman–Crippen MR) is 107 cm³/mol. The molecule has 1 aliphatic rings. The number of likely N-dealkylation sites (tertiary alicyclic amines) is 1. The third kappa shape index (κ3) is 4.34. The van der Waals surface area contributed by atoms with Crippen LogP contribution in [0.25, 0.3) is 0 Å². The molecule has 0 spiro atoms. The van der Waals surface area contributed by atoms with Crippen molar-refractivity contribution in [3.63, 3.8) is 0 Å². The molecular weight excluding hydrogens is 336 g/mol. The third-order valence-corrected chi connectivity index (χ3v) is 5.24. The Balaban J connectivity index is 1.38. The molecule has 4 heterocycles. The van der Waals surface area contributed by atoms with Gasteiger partial charge in [0.25, 0.3) is 0 Å². The Morgan fingerprint density at radius 2 is 1.96 bits per heavy atom. The first-order valence-electron chi connectivity index (χ1n) is 9.51. The van der Waals surface area contributed by atoms with E-state index in [-0.39, 0.29) is 0 Å². The lowest BCUT2D eigenvalue weighted by molar-refractivity contribution is 0.203. The van der Waals surface area contributed by atoms with Gasteiger partial charge < -0.3 is 9.88 Å². The summed E-state index contributed by atoms with van der Waals surface area (Å²) in [5.41, 5.74) is 3.63. The molecule has 1 aliphatic heterocycles. The number of aryl methyl sites for hydroxylation is 2. The maximum absolute atomic E-state index is 4.47. The van der Waals surface area contributed by atoms with Gasteiger partial charge in [0.1, 0.15) is 11.6 Å². The molecule has 0 atom stereocenters. The molecule has 4 rings (SSSR count). The van der Waals surface area contributed by atoms with E-state index in [0.29, 0.717) is 5.92 Å². The summed E-state index contributed by atoms with van der Waals surface area (Å²) < 4.78 is 2.01. The molecule has 0 bridgehead atoms. The van der Waals surface area contributed by atoms with Crippen molar-refractivity contribution < 1.29 is 0 Å². The largest absolute Gasteiger partial charge is 0.340 e. The average Bonchev–Trinajstić information content (AvgIpc) is 3.09. The second kappa shape index (κ2) is 7.88. The van der Waals surface area contributed by atoms with Crippen LogP contribution in [-0.4, -0.2) is 37.5 Å². The van der Waals surface area contributed by atoms with Crippen LogP contribution in [0.3, 0.4) is 0 Å². The first-order chi connectivity index (χ1) is 13.2. The van der Waals surface area contributed by atoms with Crippen molar-refractivity contribution >= 4 is 11.6 Å². The molecule has 0 radical (unpaired) electrons. The summed E-state index contributed by atoms with van der Waals surface area (Å²) in [6.45, 7) is 5.20. The van der Waals surface area contributed by atoms with E-state index in [1.807, 2.05) is 30.2 Å². The molecule has 3 aromatic heterocycles. The van der Waals surface area contributed by atoms with Crippen molar-refractivity contribution in [2.24, 2.45) is 7.05 Å². The monoisotopic (exact) mass is 362 g/mol. The number of hydrogen-bond acceptors (Lipinski definition) is 5. The number of nitrogens with zero attached hydrogens (tertiary/aromatic N) is 5. The van der Waals surface area contributed by atoms with E-state index in [2.05, 4.69) is 56.5 Å². The van der Waals surface area contributed by atoms with E-state index in [9.17, 15) is 0 Å². The fourth-order valence-corrected chi connectivity index (χ4v) is 3.71. The molecule has 0 aliphatic carbocycles. The minimum atomic E-state index is 0.582. The zero-order chi connectivity index (χ0) is 18.6. The Kier molecular flexibility index (Phi) is 5.16. The normalized spacial score (nSPS) is 15.8. The van der Waals surface area contributed by atoms with E-state index < -0.39 is 0 Å². The van der Waals surface area contributed by atoms with E-state index in [1.54, 1.807) is 6.20 Å². The highest BCUT2D eigenvalue weighted by molar-refractivity contribution is 5.56. The lowest BCUT2D eigenvalue weighted by atomic mass is 9.90. The maximum Gasteiger partial charge on any atom is 0.134 e. The first kappa shape index (κ1) is 17.7. The molecule has 3 aromatic rings. The van der Waals surface area contributed by atoms with E-state index >= 15 is 0 Å². The molecule has 27 heavy (non-hydrogen) atoms. The molecule has 0 saturated carbocycles. The highest BCUT2D eigenvalue weighted by Crippen LogP contribution is 2.30. The summed E-state index contributed by atoms with van der Waals surface area (Å²) in [5, 5.41) is 3.35. The van der Waals surface area contributed by atoms with Gasteiger partial charge >= 0.3 is 0 Å². The van der Waals surface area contributed by atoms with Crippen molar-refractivity contribution in [3.05, 3.63) is 66.0 Å².